The van der Waals surface area contributed by atoms with E-state index in [0.29, 0.717) is 53.9 Å². The molecule has 2 atom stereocenters. The number of aliphatic hydroxyl groups excluding tert-OH is 1. The van der Waals surface area contributed by atoms with Gasteiger partial charge in [-0.3, -0.25) is 4.79 Å². The van der Waals surface area contributed by atoms with Gasteiger partial charge in [0.1, 0.15) is 11.5 Å². The second-order valence-electron chi connectivity index (χ2n) is 10.6. The zero-order valence-corrected chi connectivity index (χ0v) is 25.7. The van der Waals surface area contributed by atoms with Gasteiger partial charge in [-0.05, 0) is 65.2 Å². The van der Waals surface area contributed by atoms with Crippen molar-refractivity contribution in [3.05, 3.63) is 119 Å². The van der Waals surface area contributed by atoms with Crippen molar-refractivity contribution >= 4 is 11.8 Å². The van der Waals surface area contributed by atoms with E-state index in [0.717, 1.165) is 16.7 Å². The van der Waals surface area contributed by atoms with Crippen LogP contribution in [0.15, 0.2) is 102 Å². The summed E-state index contributed by atoms with van der Waals surface area (Å²) in [7, 11) is 4.76. The van der Waals surface area contributed by atoms with E-state index in [1.165, 1.54) is 0 Å². The number of rotatable bonds is 14. The molecule has 2 N–H and O–H groups in total. The Morgan fingerprint density at radius 1 is 0.844 bits per heavy atom. The van der Waals surface area contributed by atoms with E-state index in [2.05, 4.69) is 5.32 Å². The maximum Gasteiger partial charge on any atom is 0.252 e. The summed E-state index contributed by atoms with van der Waals surface area (Å²) in [6.45, 7) is 0.711. The van der Waals surface area contributed by atoms with E-state index < -0.39 is 11.6 Å². The minimum absolute atomic E-state index is 0.0615. The lowest BCUT2D eigenvalue weighted by Gasteiger charge is -2.31. The minimum Gasteiger partial charge on any atom is -0.497 e. The van der Waals surface area contributed by atoms with Crippen LogP contribution < -0.4 is 24.3 Å². The molecule has 234 valence electrons. The fraction of sp³-hybridized carbons (Fsp3) is 0.278. The summed E-state index contributed by atoms with van der Waals surface area (Å²) >= 11 is 0. The highest BCUT2D eigenvalue weighted by atomic mass is 16.5. The number of nitrogens with one attached hydrogen (secondary N) is 1. The number of methoxy groups -OCH3 is 3. The van der Waals surface area contributed by atoms with E-state index in [-0.39, 0.29) is 19.1 Å². The largest absolute Gasteiger partial charge is 0.497 e. The van der Waals surface area contributed by atoms with Crippen molar-refractivity contribution in [1.29, 1.82) is 0 Å². The predicted octanol–water partition coefficient (Wildman–Crippen LogP) is 5.29. The van der Waals surface area contributed by atoms with Gasteiger partial charge in [-0.15, -0.1) is 0 Å². The molecule has 0 aliphatic carbocycles. The number of hydrogen-bond donors (Lipinski definition) is 2. The van der Waals surface area contributed by atoms with Crippen molar-refractivity contribution in [3.8, 4) is 23.0 Å². The molecule has 1 aliphatic heterocycles. The molecule has 0 spiro atoms. The number of nitrogens with zero attached hydrogens (tertiary/aromatic N) is 1. The zero-order valence-electron chi connectivity index (χ0n) is 25.7. The number of aliphatic hydroxyl groups is 1. The van der Waals surface area contributed by atoms with Gasteiger partial charge in [0.2, 0.25) is 5.90 Å². The molecule has 0 fully saturated rings. The van der Waals surface area contributed by atoms with Gasteiger partial charge in [0.15, 0.2) is 23.1 Å². The highest BCUT2D eigenvalue weighted by Crippen LogP contribution is 2.43. The molecule has 0 radical (unpaired) electrons. The van der Waals surface area contributed by atoms with Crippen LogP contribution in [-0.4, -0.2) is 57.0 Å². The van der Waals surface area contributed by atoms with Gasteiger partial charge in [0.05, 0.1) is 27.9 Å². The molecule has 45 heavy (non-hydrogen) atoms. The number of aliphatic imine (C=N–C) groups is 1. The average molecular weight is 611 g/mol. The van der Waals surface area contributed by atoms with Gasteiger partial charge in [-0.25, -0.2) is 4.99 Å². The fourth-order valence-corrected chi connectivity index (χ4v) is 5.32. The maximum atomic E-state index is 14.5. The van der Waals surface area contributed by atoms with Crippen LogP contribution in [0, 0.1) is 0 Å². The number of carbonyl (C=O) groups excluding carboxylic acids is 1. The van der Waals surface area contributed by atoms with E-state index in [1.54, 1.807) is 21.3 Å². The van der Waals surface area contributed by atoms with Crippen molar-refractivity contribution in [1.82, 2.24) is 5.32 Å². The van der Waals surface area contributed by atoms with Gasteiger partial charge in [0, 0.05) is 31.6 Å². The molecular formula is C36H38N2O7. The van der Waals surface area contributed by atoms with Crippen LogP contribution >= 0.6 is 0 Å². The molecule has 4 aromatic carbocycles. The molecule has 0 saturated carbocycles. The van der Waals surface area contributed by atoms with E-state index >= 15 is 0 Å². The maximum absolute atomic E-state index is 14.5. The van der Waals surface area contributed by atoms with Gasteiger partial charge < -0.3 is 34.1 Å². The number of hydrogen-bond acceptors (Lipinski definition) is 8. The minimum atomic E-state index is -1.35. The zero-order chi connectivity index (χ0) is 31.6. The molecule has 1 heterocycles. The molecule has 1 amide bonds. The second-order valence-corrected chi connectivity index (χ2v) is 10.6. The van der Waals surface area contributed by atoms with E-state index in [4.69, 9.17) is 33.8 Å². The van der Waals surface area contributed by atoms with Crippen molar-refractivity contribution < 1.29 is 33.6 Å². The first-order valence-corrected chi connectivity index (χ1v) is 14.8. The Morgan fingerprint density at radius 3 is 2.33 bits per heavy atom. The van der Waals surface area contributed by atoms with E-state index in [1.807, 2.05) is 97.1 Å². The average Bonchev–Trinajstić information content (AvgIpc) is 3.48. The molecule has 0 aromatic heterocycles. The number of ether oxygens (including phenoxy) is 5. The third-order valence-electron chi connectivity index (χ3n) is 7.64. The molecule has 0 saturated heterocycles. The first kappa shape index (κ1) is 31.4. The molecule has 9 heteroatoms. The summed E-state index contributed by atoms with van der Waals surface area (Å²) in [4.78, 5) is 19.6. The Morgan fingerprint density at radius 2 is 1.62 bits per heavy atom. The van der Waals surface area contributed by atoms with Gasteiger partial charge >= 0.3 is 0 Å². The summed E-state index contributed by atoms with van der Waals surface area (Å²) in [5, 5.41) is 12.2. The van der Waals surface area contributed by atoms with Crippen LogP contribution in [0.4, 0.5) is 0 Å². The smallest absolute Gasteiger partial charge is 0.252 e. The Kier molecular flexibility index (Phi) is 10.2. The Bertz CT molecular complexity index is 1610. The second kappa shape index (κ2) is 14.6. The van der Waals surface area contributed by atoms with Crippen LogP contribution in [0.2, 0.25) is 0 Å². The van der Waals surface area contributed by atoms with E-state index in [9.17, 15) is 4.79 Å². The van der Waals surface area contributed by atoms with Crippen LogP contribution in [-0.2, 0) is 22.5 Å². The van der Waals surface area contributed by atoms with Crippen molar-refractivity contribution in [2.75, 3.05) is 34.5 Å². The molecule has 0 unspecified atom stereocenters. The number of carbonyl (C=O) groups is 1. The van der Waals surface area contributed by atoms with Crippen molar-refractivity contribution in [3.63, 3.8) is 0 Å². The fourth-order valence-electron chi connectivity index (χ4n) is 5.32. The van der Waals surface area contributed by atoms with Gasteiger partial charge in [0.25, 0.3) is 5.91 Å². The van der Waals surface area contributed by atoms with Crippen LogP contribution in [0.25, 0.3) is 0 Å². The molecule has 5 rings (SSSR count). The van der Waals surface area contributed by atoms with Crippen LogP contribution in [0.1, 0.15) is 34.8 Å². The summed E-state index contributed by atoms with van der Waals surface area (Å²) < 4.78 is 28.7. The third-order valence-corrected chi connectivity index (χ3v) is 7.64. The highest BCUT2D eigenvalue weighted by molar-refractivity contribution is 6.01. The summed E-state index contributed by atoms with van der Waals surface area (Å²) in [6.07, 6.45) is 0.0770. The Balaban J connectivity index is 1.54. The van der Waals surface area contributed by atoms with Crippen LogP contribution in [0.3, 0.4) is 0 Å². The summed E-state index contributed by atoms with van der Waals surface area (Å²) in [5.41, 5.74) is 1.89. The van der Waals surface area contributed by atoms with Crippen molar-refractivity contribution in [2.45, 2.75) is 31.0 Å². The first-order valence-electron chi connectivity index (χ1n) is 14.8. The molecule has 1 aliphatic rings. The first-order chi connectivity index (χ1) is 22.0. The normalized spacial score (nSPS) is 17.2. The van der Waals surface area contributed by atoms with Crippen molar-refractivity contribution in [2.24, 2.45) is 4.99 Å². The lowest BCUT2D eigenvalue weighted by molar-refractivity contribution is -0.129. The highest BCUT2D eigenvalue weighted by Gasteiger charge is 2.53. The summed E-state index contributed by atoms with van der Waals surface area (Å²) in [5.74, 6) is 2.56. The lowest BCUT2D eigenvalue weighted by Crippen LogP contribution is -2.49. The Labute approximate surface area is 263 Å². The Hall–Kier alpha value is -5.02. The third kappa shape index (κ3) is 7.21. The molecule has 0 bridgehead atoms. The predicted molar refractivity (Wildman–Crippen MR) is 171 cm³/mol. The quantitative estimate of drug-likeness (QED) is 0.187. The lowest BCUT2D eigenvalue weighted by atomic mass is 9.82. The molecule has 9 nitrogen and oxygen atoms in total. The van der Waals surface area contributed by atoms with Crippen LogP contribution in [0.5, 0.6) is 23.0 Å². The van der Waals surface area contributed by atoms with Gasteiger partial charge in [-0.2, -0.15) is 0 Å². The SMILES string of the molecule is COc1cccc([C@H]2OC(c3ccc(OCCCO)cc3)=N[C@@]2(Cc2ccccc2)C(=O)NCc2ccc(OC)c(OC)c2)c1. The standard InChI is InChI=1S/C36H38N2O7/c1-41-30-12-7-11-28(22-30)33-36(23-25-9-5-4-6-10-25,35(40)37-24-26-13-18-31(42-2)32(21-26)43-3)38-34(45-33)27-14-16-29(17-15-27)44-20-8-19-39/h4-7,9-18,21-22,33,39H,8,19-20,23-24H2,1-3H3,(H,37,40)/t33-,36-/m1/s1. The monoisotopic (exact) mass is 610 g/mol. The summed E-state index contributed by atoms with van der Waals surface area (Å²) in [6, 6.07) is 30.2. The molecule has 4 aromatic rings. The number of benzene rings is 4. The topological polar surface area (TPSA) is 108 Å². The van der Waals surface area contributed by atoms with Gasteiger partial charge in [-0.1, -0.05) is 48.5 Å². The molecular weight excluding hydrogens is 572 g/mol. The number of amides is 1.